The SMILES string of the molecule is O=C1Nc2ccc(I)cc2C1=Cc1ccccc1Cl. The van der Waals surface area contributed by atoms with Crippen molar-refractivity contribution in [3.8, 4) is 0 Å². The highest BCUT2D eigenvalue weighted by atomic mass is 127. The third-order valence-electron chi connectivity index (χ3n) is 2.97. The Kier molecular flexibility index (Phi) is 3.33. The highest BCUT2D eigenvalue weighted by molar-refractivity contribution is 14.1. The molecule has 0 atom stereocenters. The number of anilines is 1. The molecule has 3 rings (SSSR count). The summed E-state index contributed by atoms with van der Waals surface area (Å²) >= 11 is 8.37. The molecule has 94 valence electrons. The first-order valence-corrected chi connectivity index (χ1v) is 7.18. The van der Waals surface area contributed by atoms with Crippen LogP contribution in [0.5, 0.6) is 0 Å². The van der Waals surface area contributed by atoms with Gasteiger partial charge in [0, 0.05) is 25.4 Å². The van der Waals surface area contributed by atoms with Crippen molar-refractivity contribution in [3.05, 3.63) is 62.2 Å². The number of amides is 1. The molecule has 2 aromatic carbocycles. The lowest BCUT2D eigenvalue weighted by Gasteiger charge is -2.01. The van der Waals surface area contributed by atoms with E-state index in [2.05, 4.69) is 27.9 Å². The third kappa shape index (κ3) is 2.40. The van der Waals surface area contributed by atoms with Gasteiger partial charge in [-0.05, 0) is 58.5 Å². The second-order valence-electron chi connectivity index (χ2n) is 4.22. The highest BCUT2D eigenvalue weighted by Gasteiger charge is 2.24. The van der Waals surface area contributed by atoms with Crippen LogP contribution in [-0.2, 0) is 4.79 Å². The van der Waals surface area contributed by atoms with Crippen LogP contribution in [0.3, 0.4) is 0 Å². The van der Waals surface area contributed by atoms with Crippen LogP contribution in [0.15, 0.2) is 42.5 Å². The molecule has 0 saturated carbocycles. The fraction of sp³-hybridized carbons (Fsp3) is 0. The van der Waals surface area contributed by atoms with Crippen LogP contribution in [-0.4, -0.2) is 5.91 Å². The lowest BCUT2D eigenvalue weighted by atomic mass is 10.0. The van der Waals surface area contributed by atoms with Gasteiger partial charge >= 0.3 is 0 Å². The van der Waals surface area contributed by atoms with Crippen LogP contribution < -0.4 is 5.32 Å². The smallest absolute Gasteiger partial charge is 0.256 e. The summed E-state index contributed by atoms with van der Waals surface area (Å²) in [5.74, 6) is -0.0862. The summed E-state index contributed by atoms with van der Waals surface area (Å²) in [6.07, 6.45) is 1.83. The Bertz CT molecular complexity index is 709. The van der Waals surface area contributed by atoms with Gasteiger partial charge in [0.15, 0.2) is 0 Å². The topological polar surface area (TPSA) is 29.1 Å². The third-order valence-corrected chi connectivity index (χ3v) is 3.98. The van der Waals surface area contributed by atoms with Gasteiger partial charge in [-0.1, -0.05) is 29.8 Å². The average molecular weight is 382 g/mol. The van der Waals surface area contributed by atoms with Gasteiger partial charge in [0.25, 0.3) is 5.91 Å². The Morgan fingerprint density at radius 2 is 1.95 bits per heavy atom. The van der Waals surface area contributed by atoms with Crippen molar-refractivity contribution in [2.24, 2.45) is 0 Å². The molecule has 0 aromatic heterocycles. The summed E-state index contributed by atoms with van der Waals surface area (Å²) < 4.78 is 1.10. The molecule has 2 aromatic rings. The van der Waals surface area contributed by atoms with Crippen LogP contribution in [0, 0.1) is 3.57 Å². The Hall–Kier alpha value is -1.33. The van der Waals surface area contributed by atoms with Crippen LogP contribution in [0.4, 0.5) is 5.69 Å². The highest BCUT2D eigenvalue weighted by Crippen LogP contribution is 2.34. The molecule has 0 radical (unpaired) electrons. The fourth-order valence-electron chi connectivity index (χ4n) is 2.05. The van der Waals surface area contributed by atoms with Crippen molar-refractivity contribution in [1.29, 1.82) is 0 Å². The van der Waals surface area contributed by atoms with E-state index >= 15 is 0 Å². The molecule has 1 aliphatic heterocycles. The van der Waals surface area contributed by atoms with Crippen molar-refractivity contribution >= 4 is 57.4 Å². The summed E-state index contributed by atoms with van der Waals surface area (Å²) in [6, 6.07) is 13.4. The number of carbonyl (C=O) groups excluding carboxylic acids is 1. The normalized spacial score (nSPS) is 15.5. The second-order valence-corrected chi connectivity index (χ2v) is 5.88. The number of hydrogen-bond donors (Lipinski definition) is 1. The van der Waals surface area contributed by atoms with Gasteiger partial charge in [-0.2, -0.15) is 0 Å². The van der Waals surface area contributed by atoms with Crippen molar-refractivity contribution < 1.29 is 4.79 Å². The van der Waals surface area contributed by atoms with Gasteiger partial charge in [-0.15, -0.1) is 0 Å². The molecular formula is C15H9ClINO. The maximum absolute atomic E-state index is 12.0. The number of nitrogens with one attached hydrogen (secondary N) is 1. The first-order valence-electron chi connectivity index (χ1n) is 5.72. The van der Waals surface area contributed by atoms with Crippen LogP contribution in [0.1, 0.15) is 11.1 Å². The van der Waals surface area contributed by atoms with Crippen molar-refractivity contribution in [2.45, 2.75) is 0 Å². The Morgan fingerprint density at radius 1 is 1.16 bits per heavy atom. The van der Waals surface area contributed by atoms with Crippen molar-refractivity contribution in [3.63, 3.8) is 0 Å². The quantitative estimate of drug-likeness (QED) is 0.574. The summed E-state index contributed by atoms with van der Waals surface area (Å²) in [5.41, 5.74) is 3.28. The van der Waals surface area contributed by atoms with Crippen molar-refractivity contribution in [2.75, 3.05) is 5.32 Å². The van der Waals surface area contributed by atoms with Gasteiger partial charge in [-0.25, -0.2) is 0 Å². The molecule has 0 spiro atoms. The predicted molar refractivity (Wildman–Crippen MR) is 87.1 cm³/mol. The van der Waals surface area contributed by atoms with E-state index in [4.69, 9.17) is 11.6 Å². The molecule has 1 heterocycles. The maximum atomic E-state index is 12.0. The zero-order chi connectivity index (χ0) is 13.4. The lowest BCUT2D eigenvalue weighted by Crippen LogP contribution is -2.03. The number of fused-ring (bicyclic) bond motifs is 1. The lowest BCUT2D eigenvalue weighted by molar-refractivity contribution is -0.110. The summed E-state index contributed by atoms with van der Waals surface area (Å²) in [5, 5.41) is 3.50. The molecule has 19 heavy (non-hydrogen) atoms. The average Bonchev–Trinajstić information content (AvgIpc) is 2.69. The summed E-state index contributed by atoms with van der Waals surface area (Å²) in [7, 11) is 0. The first-order chi connectivity index (χ1) is 9.15. The van der Waals surface area contributed by atoms with E-state index in [1.54, 1.807) is 0 Å². The molecular weight excluding hydrogens is 373 g/mol. The zero-order valence-corrected chi connectivity index (χ0v) is 12.7. The zero-order valence-electron chi connectivity index (χ0n) is 9.78. The number of hydrogen-bond acceptors (Lipinski definition) is 1. The van der Waals surface area contributed by atoms with E-state index in [1.165, 1.54) is 0 Å². The van der Waals surface area contributed by atoms with Gasteiger partial charge in [0.05, 0.1) is 0 Å². The maximum Gasteiger partial charge on any atom is 0.256 e. The van der Waals surface area contributed by atoms with Crippen molar-refractivity contribution in [1.82, 2.24) is 0 Å². The molecule has 0 fully saturated rings. The van der Waals surface area contributed by atoms with Crippen LogP contribution >= 0.6 is 34.2 Å². The molecule has 1 N–H and O–H groups in total. The predicted octanol–water partition coefficient (Wildman–Crippen LogP) is 4.44. The molecule has 0 saturated heterocycles. The Morgan fingerprint density at radius 3 is 2.74 bits per heavy atom. The standard InChI is InChI=1S/C15H9ClINO/c16-13-4-2-1-3-9(13)7-12-11-8-10(17)5-6-14(11)18-15(12)19/h1-8H,(H,18,19). The fourth-order valence-corrected chi connectivity index (χ4v) is 2.73. The van der Waals surface area contributed by atoms with Gasteiger partial charge < -0.3 is 5.32 Å². The van der Waals surface area contributed by atoms with E-state index < -0.39 is 0 Å². The van der Waals surface area contributed by atoms with E-state index in [0.29, 0.717) is 10.6 Å². The van der Waals surface area contributed by atoms with E-state index in [-0.39, 0.29) is 5.91 Å². The van der Waals surface area contributed by atoms with E-state index in [0.717, 1.165) is 20.4 Å². The minimum Gasteiger partial charge on any atom is -0.321 e. The minimum atomic E-state index is -0.0862. The molecule has 1 amide bonds. The van der Waals surface area contributed by atoms with Gasteiger partial charge in [-0.3, -0.25) is 4.79 Å². The van der Waals surface area contributed by atoms with Gasteiger partial charge in [0.2, 0.25) is 0 Å². The summed E-state index contributed by atoms with van der Waals surface area (Å²) in [4.78, 5) is 12.0. The Balaban J connectivity index is 2.14. The molecule has 0 unspecified atom stereocenters. The Labute approximate surface area is 129 Å². The minimum absolute atomic E-state index is 0.0862. The van der Waals surface area contributed by atoms with Crippen LogP contribution in [0.25, 0.3) is 11.6 Å². The summed E-state index contributed by atoms with van der Waals surface area (Å²) in [6.45, 7) is 0. The molecule has 0 aliphatic carbocycles. The molecule has 1 aliphatic rings. The van der Waals surface area contributed by atoms with Gasteiger partial charge in [0.1, 0.15) is 0 Å². The van der Waals surface area contributed by atoms with Crippen LogP contribution in [0.2, 0.25) is 5.02 Å². The number of carbonyl (C=O) groups is 1. The van der Waals surface area contributed by atoms with E-state index in [9.17, 15) is 4.79 Å². The first kappa shape index (κ1) is 12.7. The number of halogens is 2. The monoisotopic (exact) mass is 381 g/mol. The number of benzene rings is 2. The molecule has 2 nitrogen and oxygen atoms in total. The second kappa shape index (κ2) is 4.98. The largest absolute Gasteiger partial charge is 0.321 e. The molecule has 4 heteroatoms. The number of rotatable bonds is 1. The van der Waals surface area contributed by atoms with E-state index in [1.807, 2.05) is 48.5 Å². The molecule has 0 bridgehead atoms.